The number of benzene rings is 1. The molecule has 0 aliphatic heterocycles. The molecule has 2 amide bonds. The SMILES string of the molecule is O=C(CSc1ccc(Cl)cc1)N[C@@H](Cc1cscn1)C(=O)NCCc1cnc[nH]1. The van der Waals surface area contributed by atoms with Crippen molar-refractivity contribution < 1.29 is 9.59 Å². The Labute approximate surface area is 181 Å². The van der Waals surface area contributed by atoms with Gasteiger partial charge in [-0.2, -0.15) is 0 Å². The number of aromatic amines is 1. The van der Waals surface area contributed by atoms with E-state index in [1.54, 1.807) is 30.2 Å². The fourth-order valence-electron chi connectivity index (χ4n) is 2.54. The van der Waals surface area contributed by atoms with E-state index in [2.05, 4.69) is 25.6 Å². The topological polar surface area (TPSA) is 99.8 Å². The van der Waals surface area contributed by atoms with Crippen LogP contribution in [0.1, 0.15) is 11.4 Å². The number of halogens is 1. The summed E-state index contributed by atoms with van der Waals surface area (Å²) in [4.78, 5) is 37.2. The molecule has 0 aliphatic carbocycles. The van der Waals surface area contributed by atoms with E-state index in [0.717, 1.165) is 16.3 Å². The molecule has 0 bridgehead atoms. The summed E-state index contributed by atoms with van der Waals surface area (Å²) < 4.78 is 0. The zero-order chi connectivity index (χ0) is 20.5. The molecule has 0 radical (unpaired) electrons. The van der Waals surface area contributed by atoms with Gasteiger partial charge in [-0.3, -0.25) is 9.59 Å². The van der Waals surface area contributed by atoms with E-state index in [1.165, 1.54) is 23.1 Å². The number of aromatic nitrogens is 3. The molecule has 0 aliphatic rings. The van der Waals surface area contributed by atoms with Gasteiger partial charge in [-0.15, -0.1) is 23.1 Å². The maximum atomic E-state index is 12.6. The van der Waals surface area contributed by atoms with Crippen molar-refractivity contribution in [2.75, 3.05) is 12.3 Å². The Bertz CT molecular complexity index is 901. The first-order chi connectivity index (χ1) is 14.1. The maximum Gasteiger partial charge on any atom is 0.242 e. The molecule has 0 unspecified atom stereocenters. The zero-order valence-corrected chi connectivity index (χ0v) is 17.8. The lowest BCUT2D eigenvalue weighted by Gasteiger charge is -2.17. The average molecular weight is 450 g/mol. The molecule has 0 saturated heterocycles. The summed E-state index contributed by atoms with van der Waals surface area (Å²) in [5.74, 6) is -0.243. The Kier molecular flexibility index (Phi) is 8.09. The Hall–Kier alpha value is -2.36. The predicted molar refractivity (Wildman–Crippen MR) is 115 cm³/mol. The number of nitrogens with zero attached hydrogens (tertiary/aromatic N) is 2. The van der Waals surface area contributed by atoms with Crippen LogP contribution in [0.3, 0.4) is 0 Å². The molecule has 7 nitrogen and oxygen atoms in total. The van der Waals surface area contributed by atoms with Crippen molar-refractivity contribution in [2.24, 2.45) is 0 Å². The van der Waals surface area contributed by atoms with Crippen LogP contribution in [0, 0.1) is 0 Å². The van der Waals surface area contributed by atoms with E-state index in [9.17, 15) is 9.59 Å². The van der Waals surface area contributed by atoms with Crippen molar-refractivity contribution in [3.63, 3.8) is 0 Å². The summed E-state index contributed by atoms with van der Waals surface area (Å²) in [6.45, 7) is 0.448. The first kappa shape index (κ1) is 21.4. The second-order valence-corrected chi connectivity index (χ2v) is 8.37. The molecule has 29 heavy (non-hydrogen) atoms. The number of hydrogen-bond acceptors (Lipinski definition) is 6. The smallest absolute Gasteiger partial charge is 0.242 e. The minimum absolute atomic E-state index is 0.205. The summed E-state index contributed by atoms with van der Waals surface area (Å²) in [6.07, 6.45) is 4.29. The van der Waals surface area contributed by atoms with Crippen LogP contribution in [0.4, 0.5) is 0 Å². The Morgan fingerprint density at radius 3 is 2.79 bits per heavy atom. The summed E-state index contributed by atoms with van der Waals surface area (Å²) in [7, 11) is 0. The summed E-state index contributed by atoms with van der Waals surface area (Å²) in [5.41, 5.74) is 3.42. The fourth-order valence-corrected chi connectivity index (χ4v) is 3.94. The fraction of sp³-hybridized carbons (Fsp3) is 0.263. The summed E-state index contributed by atoms with van der Waals surface area (Å²) in [6, 6.07) is 6.59. The number of thioether (sulfide) groups is 1. The molecule has 3 aromatic rings. The molecule has 1 atom stereocenters. The first-order valence-electron chi connectivity index (χ1n) is 8.90. The van der Waals surface area contributed by atoms with Crippen LogP contribution in [-0.4, -0.2) is 45.1 Å². The van der Waals surface area contributed by atoms with Crippen molar-refractivity contribution in [1.29, 1.82) is 0 Å². The molecule has 0 saturated carbocycles. The normalized spacial score (nSPS) is 11.8. The van der Waals surface area contributed by atoms with Gasteiger partial charge in [-0.1, -0.05) is 11.6 Å². The Morgan fingerprint density at radius 2 is 2.10 bits per heavy atom. The third-order valence-corrected chi connectivity index (χ3v) is 5.88. The van der Waals surface area contributed by atoms with Gasteiger partial charge >= 0.3 is 0 Å². The lowest BCUT2D eigenvalue weighted by molar-refractivity contribution is -0.127. The molecule has 152 valence electrons. The zero-order valence-electron chi connectivity index (χ0n) is 15.4. The van der Waals surface area contributed by atoms with Gasteiger partial charge in [0.15, 0.2) is 0 Å². The largest absolute Gasteiger partial charge is 0.354 e. The summed E-state index contributed by atoms with van der Waals surface area (Å²) >= 11 is 8.72. The van der Waals surface area contributed by atoms with E-state index in [1.807, 2.05) is 17.5 Å². The van der Waals surface area contributed by atoms with Crippen molar-refractivity contribution in [1.82, 2.24) is 25.6 Å². The van der Waals surface area contributed by atoms with Crippen molar-refractivity contribution in [2.45, 2.75) is 23.8 Å². The molecule has 2 aromatic heterocycles. The number of thiazole rings is 1. The molecule has 3 rings (SSSR count). The van der Waals surface area contributed by atoms with Crippen molar-refractivity contribution in [3.8, 4) is 0 Å². The predicted octanol–water partition coefficient (Wildman–Crippen LogP) is 2.70. The molecular formula is C19H20ClN5O2S2. The molecule has 1 aromatic carbocycles. The minimum atomic E-state index is -0.683. The van der Waals surface area contributed by atoms with Gasteiger partial charge in [0.25, 0.3) is 0 Å². The van der Waals surface area contributed by atoms with Crippen LogP contribution >= 0.6 is 34.7 Å². The van der Waals surface area contributed by atoms with Gasteiger partial charge in [0.1, 0.15) is 6.04 Å². The molecular weight excluding hydrogens is 430 g/mol. The lowest BCUT2D eigenvalue weighted by Crippen LogP contribution is -2.49. The number of rotatable bonds is 10. The quantitative estimate of drug-likeness (QED) is 0.413. The van der Waals surface area contributed by atoms with Crippen molar-refractivity contribution >= 4 is 46.5 Å². The Morgan fingerprint density at radius 1 is 1.28 bits per heavy atom. The van der Waals surface area contributed by atoms with E-state index >= 15 is 0 Å². The Balaban J connectivity index is 1.53. The van der Waals surface area contributed by atoms with Crippen LogP contribution in [-0.2, 0) is 22.4 Å². The van der Waals surface area contributed by atoms with Gasteiger partial charge in [0, 0.05) is 46.6 Å². The highest BCUT2D eigenvalue weighted by Gasteiger charge is 2.22. The van der Waals surface area contributed by atoms with Gasteiger partial charge < -0.3 is 15.6 Å². The number of hydrogen-bond donors (Lipinski definition) is 3. The maximum absolute atomic E-state index is 12.6. The van der Waals surface area contributed by atoms with E-state index in [-0.39, 0.29) is 17.6 Å². The van der Waals surface area contributed by atoms with Crippen LogP contribution < -0.4 is 10.6 Å². The number of carbonyl (C=O) groups excluding carboxylic acids is 2. The molecule has 0 spiro atoms. The monoisotopic (exact) mass is 449 g/mol. The third-order valence-electron chi connectivity index (χ3n) is 3.98. The average Bonchev–Trinajstić information content (AvgIpc) is 3.41. The van der Waals surface area contributed by atoms with Crippen LogP contribution in [0.5, 0.6) is 0 Å². The molecule has 3 N–H and O–H groups in total. The van der Waals surface area contributed by atoms with Gasteiger partial charge in [-0.25, -0.2) is 9.97 Å². The number of amides is 2. The molecule has 0 fully saturated rings. The van der Waals surface area contributed by atoms with Gasteiger partial charge in [0.05, 0.1) is 23.3 Å². The van der Waals surface area contributed by atoms with E-state index in [4.69, 9.17) is 11.6 Å². The highest BCUT2D eigenvalue weighted by Crippen LogP contribution is 2.20. The number of imidazole rings is 1. The first-order valence-corrected chi connectivity index (χ1v) is 11.2. The van der Waals surface area contributed by atoms with Crippen LogP contribution in [0.25, 0.3) is 0 Å². The highest BCUT2D eigenvalue weighted by molar-refractivity contribution is 8.00. The van der Waals surface area contributed by atoms with Gasteiger partial charge in [0.2, 0.25) is 11.8 Å². The third kappa shape index (κ3) is 7.19. The van der Waals surface area contributed by atoms with E-state index < -0.39 is 6.04 Å². The second-order valence-electron chi connectivity index (χ2n) is 6.16. The van der Waals surface area contributed by atoms with Gasteiger partial charge in [-0.05, 0) is 24.3 Å². The van der Waals surface area contributed by atoms with E-state index in [0.29, 0.717) is 24.4 Å². The van der Waals surface area contributed by atoms with Crippen LogP contribution in [0.2, 0.25) is 5.02 Å². The standard InChI is InChI=1S/C19H20ClN5O2S2/c20-13-1-3-16(4-2-13)29-10-18(26)25-17(7-15-9-28-12-24-15)19(27)22-6-5-14-8-21-11-23-14/h1-4,8-9,11-12,17H,5-7,10H2,(H,21,23)(H,22,27)(H,25,26)/t17-/m0/s1. The number of carbonyl (C=O) groups is 2. The lowest BCUT2D eigenvalue weighted by atomic mass is 10.1. The summed E-state index contributed by atoms with van der Waals surface area (Å²) in [5, 5.41) is 8.22. The number of nitrogens with one attached hydrogen (secondary N) is 3. The highest BCUT2D eigenvalue weighted by atomic mass is 35.5. The molecule has 2 heterocycles. The van der Waals surface area contributed by atoms with Crippen LogP contribution in [0.15, 0.2) is 52.6 Å². The second kappa shape index (κ2) is 11.0. The number of H-pyrrole nitrogens is 1. The molecule has 10 heteroatoms. The minimum Gasteiger partial charge on any atom is -0.354 e. The van der Waals surface area contributed by atoms with Crippen molar-refractivity contribution in [3.05, 3.63) is 64.1 Å².